The first-order valence-electron chi connectivity index (χ1n) is 7.89. The number of hydrogen-bond donors (Lipinski definition) is 0. The van der Waals surface area contributed by atoms with Crippen LogP contribution in [0.15, 0.2) is 0 Å². The predicted molar refractivity (Wildman–Crippen MR) is 77.2 cm³/mol. The van der Waals surface area contributed by atoms with Crippen molar-refractivity contribution in [1.82, 2.24) is 0 Å². The number of nitriles is 1. The summed E-state index contributed by atoms with van der Waals surface area (Å²) in [5, 5.41) is 8.64. The van der Waals surface area contributed by atoms with Gasteiger partial charge in [-0.3, -0.25) is 0 Å². The maximum Gasteiger partial charge on any atom is 0.286 e. The minimum absolute atomic E-state index is 0.179. The molecule has 1 atom stereocenters. The lowest BCUT2D eigenvalue weighted by molar-refractivity contribution is 0.136. The summed E-state index contributed by atoms with van der Waals surface area (Å²) < 4.78 is 5.16. The van der Waals surface area contributed by atoms with Gasteiger partial charge in [-0.15, -0.1) is 0 Å². The molecule has 0 radical (unpaired) electrons. The van der Waals surface area contributed by atoms with Gasteiger partial charge in [-0.1, -0.05) is 65.2 Å². The number of hydrogen-bond acceptors (Lipinski definition) is 2. The Labute approximate surface area is 114 Å². The normalized spacial score (nSPS) is 12.1. The van der Waals surface area contributed by atoms with E-state index in [0.29, 0.717) is 0 Å². The first-order valence-corrected chi connectivity index (χ1v) is 7.89. The van der Waals surface area contributed by atoms with Gasteiger partial charge in [0.2, 0.25) is 0 Å². The van der Waals surface area contributed by atoms with Gasteiger partial charge in [0.1, 0.15) is 6.10 Å². The van der Waals surface area contributed by atoms with Crippen molar-refractivity contribution in [2.75, 3.05) is 0 Å². The number of ether oxygens (including phenoxy) is 1. The second kappa shape index (κ2) is 14.4. The summed E-state index contributed by atoms with van der Waals surface area (Å²) >= 11 is 0. The van der Waals surface area contributed by atoms with Crippen molar-refractivity contribution in [2.24, 2.45) is 0 Å². The van der Waals surface area contributed by atoms with Gasteiger partial charge in [-0.05, 0) is 25.7 Å². The van der Waals surface area contributed by atoms with Crippen LogP contribution in [-0.2, 0) is 4.74 Å². The number of rotatable bonds is 13. The summed E-state index contributed by atoms with van der Waals surface area (Å²) in [5.41, 5.74) is 0. The summed E-state index contributed by atoms with van der Waals surface area (Å²) in [5.74, 6) is 0. The van der Waals surface area contributed by atoms with E-state index >= 15 is 0 Å². The summed E-state index contributed by atoms with van der Waals surface area (Å²) in [7, 11) is 0. The Hall–Kier alpha value is -0.710. The molecule has 0 spiro atoms. The first-order chi connectivity index (χ1) is 8.85. The highest BCUT2D eigenvalue weighted by Crippen LogP contribution is 2.15. The highest BCUT2D eigenvalue weighted by atomic mass is 16.5. The van der Waals surface area contributed by atoms with Crippen LogP contribution in [-0.4, -0.2) is 6.10 Å². The Kier molecular flexibility index (Phi) is 13.8. The maximum absolute atomic E-state index is 8.64. The predicted octanol–water partition coefficient (Wildman–Crippen LogP) is 5.57. The van der Waals surface area contributed by atoms with Crippen molar-refractivity contribution < 1.29 is 4.74 Å². The molecule has 2 heteroatoms. The molecule has 1 unspecified atom stereocenters. The molecule has 0 bridgehead atoms. The third-order valence-corrected chi connectivity index (χ3v) is 3.48. The molecule has 0 aliphatic rings. The van der Waals surface area contributed by atoms with E-state index in [4.69, 9.17) is 10.00 Å². The molecule has 106 valence electrons. The second-order valence-electron chi connectivity index (χ2n) is 5.24. The fourth-order valence-electron chi connectivity index (χ4n) is 2.29. The fourth-order valence-corrected chi connectivity index (χ4v) is 2.29. The van der Waals surface area contributed by atoms with Gasteiger partial charge < -0.3 is 4.74 Å². The average Bonchev–Trinajstić information content (AvgIpc) is 2.38. The van der Waals surface area contributed by atoms with Crippen LogP contribution < -0.4 is 0 Å². The van der Waals surface area contributed by atoms with Crippen molar-refractivity contribution in [3.05, 3.63) is 0 Å². The lowest BCUT2D eigenvalue weighted by Gasteiger charge is -2.13. The zero-order valence-electron chi connectivity index (χ0n) is 12.4. The maximum atomic E-state index is 8.64. The third kappa shape index (κ3) is 11.8. The van der Waals surface area contributed by atoms with Gasteiger partial charge in [-0.2, -0.15) is 5.26 Å². The largest absolute Gasteiger partial charge is 0.424 e. The van der Waals surface area contributed by atoms with Crippen LogP contribution in [0.1, 0.15) is 90.9 Å². The zero-order valence-corrected chi connectivity index (χ0v) is 12.4. The summed E-state index contributed by atoms with van der Waals surface area (Å²) in [6, 6.07) is 0. The van der Waals surface area contributed by atoms with E-state index in [2.05, 4.69) is 13.8 Å². The fraction of sp³-hybridized carbons (Fsp3) is 0.938. The highest BCUT2D eigenvalue weighted by molar-refractivity contribution is 4.64. The van der Waals surface area contributed by atoms with Crippen LogP contribution in [0.3, 0.4) is 0 Å². The lowest BCUT2D eigenvalue weighted by Crippen LogP contribution is -2.10. The van der Waals surface area contributed by atoms with Crippen molar-refractivity contribution in [2.45, 2.75) is 97.0 Å². The zero-order chi connectivity index (χ0) is 13.5. The minimum Gasteiger partial charge on any atom is -0.424 e. The Morgan fingerprint density at radius 1 is 0.778 bits per heavy atom. The molecule has 0 fully saturated rings. The molecule has 0 rings (SSSR count). The molecule has 0 saturated carbocycles. The van der Waals surface area contributed by atoms with Gasteiger partial charge in [0.25, 0.3) is 6.26 Å². The third-order valence-electron chi connectivity index (χ3n) is 3.48. The van der Waals surface area contributed by atoms with Gasteiger partial charge in [0.15, 0.2) is 0 Å². The molecule has 0 aliphatic carbocycles. The van der Waals surface area contributed by atoms with E-state index in [0.717, 1.165) is 12.8 Å². The molecule has 0 amide bonds. The van der Waals surface area contributed by atoms with E-state index in [1.54, 1.807) is 0 Å². The van der Waals surface area contributed by atoms with Gasteiger partial charge in [0, 0.05) is 0 Å². The van der Waals surface area contributed by atoms with E-state index in [1.165, 1.54) is 64.2 Å². The minimum atomic E-state index is 0.179. The van der Waals surface area contributed by atoms with Crippen molar-refractivity contribution in [3.63, 3.8) is 0 Å². The molecule has 0 heterocycles. The molecule has 0 aliphatic heterocycles. The average molecular weight is 253 g/mol. The first kappa shape index (κ1) is 17.3. The van der Waals surface area contributed by atoms with Crippen molar-refractivity contribution in [1.29, 1.82) is 5.26 Å². The van der Waals surface area contributed by atoms with Gasteiger partial charge in [0.05, 0.1) is 0 Å². The molecule has 0 N–H and O–H groups in total. The molecule has 0 saturated heterocycles. The molecular formula is C16H31NO. The molecule has 0 aromatic carbocycles. The summed E-state index contributed by atoms with van der Waals surface area (Å²) in [6.07, 6.45) is 17.1. The van der Waals surface area contributed by atoms with Crippen LogP contribution in [0, 0.1) is 11.5 Å². The molecule has 0 aromatic heterocycles. The Balaban J connectivity index is 3.48. The van der Waals surface area contributed by atoms with Gasteiger partial charge in [-0.25, -0.2) is 0 Å². The van der Waals surface area contributed by atoms with Gasteiger partial charge >= 0.3 is 0 Å². The number of nitrogens with zero attached hydrogens (tertiary/aromatic N) is 1. The van der Waals surface area contributed by atoms with E-state index in [1.807, 2.05) is 6.26 Å². The van der Waals surface area contributed by atoms with Crippen LogP contribution in [0.25, 0.3) is 0 Å². The Morgan fingerprint density at radius 3 is 1.72 bits per heavy atom. The monoisotopic (exact) mass is 253 g/mol. The molecule has 2 nitrogen and oxygen atoms in total. The second-order valence-corrected chi connectivity index (χ2v) is 5.24. The van der Waals surface area contributed by atoms with E-state index in [-0.39, 0.29) is 6.10 Å². The van der Waals surface area contributed by atoms with E-state index in [9.17, 15) is 0 Å². The van der Waals surface area contributed by atoms with Crippen LogP contribution in [0.5, 0.6) is 0 Å². The SMILES string of the molecule is CCCCCCCCC(CCCCCC)OC#N. The highest BCUT2D eigenvalue weighted by Gasteiger charge is 2.08. The van der Waals surface area contributed by atoms with E-state index < -0.39 is 0 Å². The molecular weight excluding hydrogens is 222 g/mol. The molecule has 18 heavy (non-hydrogen) atoms. The summed E-state index contributed by atoms with van der Waals surface area (Å²) in [4.78, 5) is 0. The quantitative estimate of drug-likeness (QED) is 0.317. The van der Waals surface area contributed by atoms with Crippen molar-refractivity contribution in [3.8, 4) is 6.26 Å². The number of unbranched alkanes of at least 4 members (excludes halogenated alkanes) is 8. The van der Waals surface area contributed by atoms with Crippen LogP contribution >= 0.6 is 0 Å². The topological polar surface area (TPSA) is 33.0 Å². The van der Waals surface area contributed by atoms with Crippen LogP contribution in [0.2, 0.25) is 0 Å². The summed E-state index contributed by atoms with van der Waals surface area (Å²) in [6.45, 7) is 4.46. The van der Waals surface area contributed by atoms with Crippen molar-refractivity contribution >= 4 is 0 Å². The standard InChI is InChI=1S/C16H31NO/c1-3-5-7-9-10-12-14-16(18-15-17)13-11-8-6-4-2/h16H,3-14H2,1-2H3. The smallest absolute Gasteiger partial charge is 0.286 e. The lowest BCUT2D eigenvalue weighted by atomic mass is 10.0. The molecule has 0 aromatic rings. The Bertz CT molecular complexity index is 198. The van der Waals surface area contributed by atoms with Crippen LogP contribution in [0.4, 0.5) is 0 Å². The Morgan fingerprint density at radius 2 is 1.22 bits per heavy atom.